The van der Waals surface area contributed by atoms with E-state index >= 15 is 0 Å². The highest BCUT2D eigenvalue weighted by atomic mass is 35.5. The maximum absolute atomic E-state index is 12.1. The number of carbonyl (C=O) groups excluding carboxylic acids is 1. The van der Waals surface area contributed by atoms with Crippen LogP contribution in [-0.2, 0) is 9.53 Å². The standard InChI is InChI=1S/C11H18ClNO2/c1-8-4-6-15-10(8)11(14)13-5-2-3-9(12)7-13/h8-10H,2-7H2,1H3. The third-order valence-electron chi connectivity index (χ3n) is 3.31. The Morgan fingerprint density at radius 2 is 2.27 bits per heavy atom. The van der Waals surface area contributed by atoms with Crippen LogP contribution in [0.15, 0.2) is 0 Å². The molecule has 3 atom stereocenters. The minimum absolute atomic E-state index is 0.124. The fraction of sp³-hybridized carbons (Fsp3) is 0.909. The van der Waals surface area contributed by atoms with Crippen molar-refractivity contribution < 1.29 is 9.53 Å². The Morgan fingerprint density at radius 1 is 1.47 bits per heavy atom. The Labute approximate surface area is 95.7 Å². The van der Waals surface area contributed by atoms with Crippen molar-refractivity contribution in [1.82, 2.24) is 4.90 Å². The summed E-state index contributed by atoms with van der Waals surface area (Å²) >= 11 is 6.06. The Kier molecular flexibility index (Phi) is 3.52. The maximum atomic E-state index is 12.1. The lowest BCUT2D eigenvalue weighted by Crippen LogP contribution is -2.46. The van der Waals surface area contributed by atoms with Crippen LogP contribution in [0, 0.1) is 5.92 Å². The van der Waals surface area contributed by atoms with Gasteiger partial charge in [0.05, 0.1) is 5.38 Å². The fourth-order valence-corrected chi connectivity index (χ4v) is 2.64. The molecular weight excluding hydrogens is 214 g/mol. The summed E-state index contributed by atoms with van der Waals surface area (Å²) in [7, 11) is 0. The van der Waals surface area contributed by atoms with Crippen molar-refractivity contribution in [3.8, 4) is 0 Å². The van der Waals surface area contributed by atoms with E-state index in [0.717, 1.165) is 32.4 Å². The molecule has 0 radical (unpaired) electrons. The summed E-state index contributed by atoms with van der Waals surface area (Å²) in [5.41, 5.74) is 0. The van der Waals surface area contributed by atoms with Crippen LogP contribution in [-0.4, -0.2) is 42.0 Å². The highest BCUT2D eigenvalue weighted by Crippen LogP contribution is 2.24. The van der Waals surface area contributed by atoms with Crippen LogP contribution >= 0.6 is 11.6 Å². The van der Waals surface area contributed by atoms with Gasteiger partial charge in [0.15, 0.2) is 0 Å². The van der Waals surface area contributed by atoms with E-state index in [2.05, 4.69) is 6.92 Å². The molecule has 1 amide bonds. The topological polar surface area (TPSA) is 29.5 Å². The van der Waals surface area contributed by atoms with E-state index in [-0.39, 0.29) is 17.4 Å². The molecule has 0 bridgehead atoms. The van der Waals surface area contributed by atoms with E-state index < -0.39 is 0 Å². The van der Waals surface area contributed by atoms with Gasteiger partial charge in [0.2, 0.25) is 0 Å². The van der Waals surface area contributed by atoms with Gasteiger partial charge >= 0.3 is 0 Å². The molecule has 3 unspecified atom stereocenters. The molecule has 15 heavy (non-hydrogen) atoms. The van der Waals surface area contributed by atoms with Crippen LogP contribution < -0.4 is 0 Å². The number of carbonyl (C=O) groups is 1. The highest BCUT2D eigenvalue weighted by Gasteiger charge is 2.35. The van der Waals surface area contributed by atoms with E-state index in [4.69, 9.17) is 16.3 Å². The zero-order chi connectivity index (χ0) is 10.8. The van der Waals surface area contributed by atoms with Crippen molar-refractivity contribution in [2.45, 2.75) is 37.7 Å². The number of halogens is 1. The quantitative estimate of drug-likeness (QED) is 0.643. The van der Waals surface area contributed by atoms with Crippen LogP contribution in [0.2, 0.25) is 0 Å². The van der Waals surface area contributed by atoms with Gasteiger partial charge in [-0.25, -0.2) is 0 Å². The molecule has 2 fully saturated rings. The molecule has 0 aliphatic carbocycles. The maximum Gasteiger partial charge on any atom is 0.252 e. The smallest absolute Gasteiger partial charge is 0.252 e. The molecule has 86 valence electrons. The van der Waals surface area contributed by atoms with Crippen molar-refractivity contribution in [3.63, 3.8) is 0 Å². The van der Waals surface area contributed by atoms with E-state index in [9.17, 15) is 4.79 Å². The molecule has 0 aromatic carbocycles. The van der Waals surface area contributed by atoms with Gasteiger partial charge in [0.1, 0.15) is 6.10 Å². The predicted molar refractivity (Wildman–Crippen MR) is 59.0 cm³/mol. The number of nitrogens with zero attached hydrogens (tertiary/aromatic N) is 1. The first-order chi connectivity index (χ1) is 7.18. The van der Waals surface area contributed by atoms with E-state index in [1.807, 2.05) is 4.90 Å². The van der Waals surface area contributed by atoms with Gasteiger partial charge in [-0.15, -0.1) is 11.6 Å². The molecule has 0 aromatic rings. The molecule has 0 spiro atoms. The van der Waals surface area contributed by atoms with E-state index in [1.165, 1.54) is 0 Å². The van der Waals surface area contributed by atoms with Crippen LogP contribution in [0.25, 0.3) is 0 Å². The van der Waals surface area contributed by atoms with Crippen LogP contribution in [0.3, 0.4) is 0 Å². The van der Waals surface area contributed by atoms with E-state index in [0.29, 0.717) is 12.5 Å². The second-order valence-electron chi connectivity index (χ2n) is 4.58. The Balaban J connectivity index is 1.94. The van der Waals surface area contributed by atoms with Gasteiger partial charge in [-0.2, -0.15) is 0 Å². The van der Waals surface area contributed by atoms with Gasteiger partial charge < -0.3 is 9.64 Å². The Morgan fingerprint density at radius 3 is 2.87 bits per heavy atom. The predicted octanol–water partition coefficient (Wildman–Crippen LogP) is 1.64. The van der Waals surface area contributed by atoms with Gasteiger partial charge in [-0.1, -0.05) is 6.92 Å². The summed E-state index contributed by atoms with van der Waals surface area (Å²) < 4.78 is 5.48. The number of hydrogen-bond acceptors (Lipinski definition) is 2. The monoisotopic (exact) mass is 231 g/mol. The summed E-state index contributed by atoms with van der Waals surface area (Å²) in [6.45, 7) is 4.33. The van der Waals surface area contributed by atoms with Crippen molar-refractivity contribution in [2.24, 2.45) is 5.92 Å². The summed E-state index contributed by atoms with van der Waals surface area (Å²) in [5, 5.41) is 0.124. The zero-order valence-corrected chi connectivity index (χ0v) is 9.87. The molecule has 0 N–H and O–H groups in total. The van der Waals surface area contributed by atoms with Gasteiger partial charge in [-0.3, -0.25) is 4.79 Å². The molecule has 2 rings (SSSR count). The Hall–Kier alpha value is -0.280. The lowest BCUT2D eigenvalue weighted by Gasteiger charge is -2.32. The minimum Gasteiger partial charge on any atom is -0.368 e. The van der Waals surface area contributed by atoms with Crippen molar-refractivity contribution in [1.29, 1.82) is 0 Å². The average molecular weight is 232 g/mol. The lowest BCUT2D eigenvalue weighted by atomic mass is 10.0. The summed E-state index contributed by atoms with van der Waals surface area (Å²) in [6, 6.07) is 0. The third-order valence-corrected chi connectivity index (χ3v) is 3.66. The van der Waals surface area contributed by atoms with Crippen molar-refractivity contribution >= 4 is 17.5 Å². The van der Waals surface area contributed by atoms with Crippen LogP contribution in [0.1, 0.15) is 26.2 Å². The molecule has 0 saturated carbocycles. The number of ether oxygens (including phenoxy) is 1. The summed E-state index contributed by atoms with van der Waals surface area (Å²) in [5.74, 6) is 0.499. The first-order valence-corrected chi connectivity index (χ1v) is 6.16. The van der Waals surface area contributed by atoms with Crippen molar-refractivity contribution in [2.75, 3.05) is 19.7 Å². The second-order valence-corrected chi connectivity index (χ2v) is 5.20. The average Bonchev–Trinajstić information content (AvgIpc) is 2.63. The number of rotatable bonds is 1. The molecule has 2 saturated heterocycles. The first-order valence-electron chi connectivity index (χ1n) is 5.73. The number of amides is 1. The van der Waals surface area contributed by atoms with Crippen LogP contribution in [0.4, 0.5) is 0 Å². The molecule has 0 aromatic heterocycles. The third kappa shape index (κ3) is 2.45. The van der Waals surface area contributed by atoms with Crippen molar-refractivity contribution in [3.05, 3.63) is 0 Å². The lowest BCUT2D eigenvalue weighted by molar-refractivity contribution is -0.143. The fourth-order valence-electron chi connectivity index (χ4n) is 2.32. The van der Waals surface area contributed by atoms with E-state index in [1.54, 1.807) is 0 Å². The second kappa shape index (κ2) is 4.71. The SMILES string of the molecule is CC1CCOC1C(=O)N1CCCC(Cl)C1. The number of hydrogen-bond donors (Lipinski definition) is 0. The van der Waals surface area contributed by atoms with Crippen LogP contribution in [0.5, 0.6) is 0 Å². The molecule has 2 aliphatic heterocycles. The normalized spacial score (nSPS) is 36.9. The Bertz CT molecular complexity index is 247. The molecule has 4 heteroatoms. The first kappa shape index (κ1) is 11.2. The van der Waals surface area contributed by atoms with Gasteiger partial charge in [0, 0.05) is 19.7 Å². The minimum atomic E-state index is -0.216. The largest absolute Gasteiger partial charge is 0.368 e. The molecule has 3 nitrogen and oxygen atoms in total. The number of alkyl halides is 1. The van der Waals surface area contributed by atoms with Gasteiger partial charge in [-0.05, 0) is 25.2 Å². The number of likely N-dealkylation sites (tertiary alicyclic amines) is 1. The van der Waals surface area contributed by atoms with Gasteiger partial charge in [0.25, 0.3) is 5.91 Å². The summed E-state index contributed by atoms with van der Waals surface area (Å²) in [4.78, 5) is 14.0. The zero-order valence-electron chi connectivity index (χ0n) is 9.12. The highest BCUT2D eigenvalue weighted by molar-refractivity contribution is 6.20. The molecular formula is C11H18ClNO2. The molecule has 2 heterocycles. The molecule has 2 aliphatic rings. The summed E-state index contributed by atoms with van der Waals surface area (Å²) in [6.07, 6.45) is 2.81. The number of piperidine rings is 1.